The van der Waals surface area contributed by atoms with Crippen LogP contribution < -0.4 is 10.6 Å². The normalized spacial score (nSPS) is 37.1. The van der Waals surface area contributed by atoms with Crippen LogP contribution in [0.15, 0.2) is 0 Å². The van der Waals surface area contributed by atoms with Gasteiger partial charge in [0.1, 0.15) is 0 Å². The molecule has 2 heterocycles. The molecule has 0 aromatic rings. The molecule has 0 aliphatic carbocycles. The number of likely N-dealkylation sites (tertiary alicyclic amines) is 1. The van der Waals surface area contributed by atoms with Gasteiger partial charge in [-0.3, -0.25) is 4.79 Å². The molecule has 0 aromatic carbocycles. The molecule has 2 aliphatic heterocycles. The Morgan fingerprint density at radius 3 is 2.93 bits per heavy atom. The van der Waals surface area contributed by atoms with Gasteiger partial charge in [-0.05, 0) is 39.9 Å². The average molecular weight is 211 g/mol. The molecule has 0 saturated carbocycles. The summed E-state index contributed by atoms with van der Waals surface area (Å²) < 4.78 is 0. The number of nitrogens with one attached hydrogen (secondary N) is 2. The molecule has 2 atom stereocenters. The van der Waals surface area contributed by atoms with Crippen LogP contribution in [-0.4, -0.2) is 50.1 Å². The van der Waals surface area contributed by atoms with Crippen LogP contribution in [0.4, 0.5) is 0 Å². The maximum atomic E-state index is 12.1. The third kappa shape index (κ3) is 2.32. The summed E-state index contributed by atoms with van der Waals surface area (Å²) in [5.74, 6) is 0.229. The van der Waals surface area contributed by atoms with E-state index in [9.17, 15) is 4.79 Å². The second kappa shape index (κ2) is 4.10. The summed E-state index contributed by atoms with van der Waals surface area (Å²) in [6.45, 7) is 5.94. The van der Waals surface area contributed by atoms with Crippen LogP contribution in [-0.2, 0) is 4.79 Å². The van der Waals surface area contributed by atoms with Gasteiger partial charge < -0.3 is 15.5 Å². The minimum absolute atomic E-state index is 0.179. The molecule has 2 N–H and O–H groups in total. The number of carbonyl (C=O) groups excluding carboxylic acids is 1. The van der Waals surface area contributed by atoms with Crippen molar-refractivity contribution in [1.82, 2.24) is 15.5 Å². The molecule has 2 rings (SSSR count). The van der Waals surface area contributed by atoms with E-state index in [4.69, 9.17) is 0 Å². The zero-order valence-corrected chi connectivity index (χ0v) is 9.68. The summed E-state index contributed by atoms with van der Waals surface area (Å²) in [4.78, 5) is 14.3. The Labute approximate surface area is 91.4 Å². The van der Waals surface area contributed by atoms with Gasteiger partial charge >= 0.3 is 0 Å². The summed E-state index contributed by atoms with van der Waals surface area (Å²) in [7, 11) is 2.10. The number of rotatable bonds is 2. The monoisotopic (exact) mass is 211 g/mol. The SMILES string of the molecule is CN1CCC(NC(=O)C2(C)CCNC2)C1. The first-order valence-corrected chi connectivity index (χ1v) is 5.80. The molecule has 0 bridgehead atoms. The van der Waals surface area contributed by atoms with Gasteiger partial charge in [0.05, 0.1) is 5.41 Å². The van der Waals surface area contributed by atoms with E-state index in [1.54, 1.807) is 0 Å². The molecule has 0 spiro atoms. The predicted octanol–water partition coefficient (Wildman–Crippen LogP) is -0.194. The number of carbonyl (C=O) groups is 1. The van der Waals surface area contributed by atoms with E-state index in [0.717, 1.165) is 39.0 Å². The van der Waals surface area contributed by atoms with Crippen LogP contribution in [0.2, 0.25) is 0 Å². The maximum absolute atomic E-state index is 12.1. The van der Waals surface area contributed by atoms with E-state index in [-0.39, 0.29) is 11.3 Å². The van der Waals surface area contributed by atoms with E-state index in [0.29, 0.717) is 6.04 Å². The van der Waals surface area contributed by atoms with Crippen molar-refractivity contribution in [1.29, 1.82) is 0 Å². The summed E-state index contributed by atoms with van der Waals surface area (Å²) in [6.07, 6.45) is 2.05. The number of hydrogen-bond donors (Lipinski definition) is 2. The summed E-state index contributed by atoms with van der Waals surface area (Å²) in [5, 5.41) is 6.43. The highest BCUT2D eigenvalue weighted by molar-refractivity contribution is 5.83. The average Bonchev–Trinajstić information content (AvgIpc) is 2.76. The van der Waals surface area contributed by atoms with Crippen molar-refractivity contribution in [3.05, 3.63) is 0 Å². The summed E-state index contributed by atoms with van der Waals surface area (Å²) in [6, 6.07) is 0.361. The van der Waals surface area contributed by atoms with Crippen molar-refractivity contribution in [2.24, 2.45) is 5.41 Å². The fraction of sp³-hybridized carbons (Fsp3) is 0.909. The lowest BCUT2D eigenvalue weighted by atomic mass is 9.88. The largest absolute Gasteiger partial charge is 0.352 e. The number of amides is 1. The third-order valence-electron chi connectivity index (χ3n) is 3.64. The molecule has 2 unspecified atom stereocenters. The van der Waals surface area contributed by atoms with Gasteiger partial charge in [0.25, 0.3) is 0 Å². The van der Waals surface area contributed by atoms with Gasteiger partial charge in [0, 0.05) is 19.1 Å². The van der Waals surface area contributed by atoms with E-state index in [1.165, 1.54) is 0 Å². The van der Waals surface area contributed by atoms with Crippen molar-refractivity contribution < 1.29 is 4.79 Å². The van der Waals surface area contributed by atoms with Gasteiger partial charge in [-0.2, -0.15) is 0 Å². The Bertz CT molecular complexity index is 248. The minimum atomic E-state index is -0.179. The molecule has 4 nitrogen and oxygen atoms in total. The Balaban J connectivity index is 1.86. The molecule has 86 valence electrons. The van der Waals surface area contributed by atoms with Crippen LogP contribution in [0, 0.1) is 5.41 Å². The quantitative estimate of drug-likeness (QED) is 0.665. The molecule has 1 amide bonds. The van der Waals surface area contributed by atoms with Gasteiger partial charge in [0.2, 0.25) is 5.91 Å². The highest BCUT2D eigenvalue weighted by Gasteiger charge is 2.37. The number of hydrogen-bond acceptors (Lipinski definition) is 3. The Morgan fingerprint density at radius 2 is 2.40 bits per heavy atom. The molecule has 0 radical (unpaired) electrons. The summed E-state index contributed by atoms with van der Waals surface area (Å²) in [5.41, 5.74) is -0.179. The van der Waals surface area contributed by atoms with Crippen LogP contribution in [0.1, 0.15) is 19.8 Å². The first kappa shape index (κ1) is 10.9. The predicted molar refractivity (Wildman–Crippen MR) is 59.6 cm³/mol. The molecule has 2 aliphatic rings. The van der Waals surface area contributed by atoms with Gasteiger partial charge in [0.15, 0.2) is 0 Å². The first-order chi connectivity index (χ1) is 7.10. The molecule has 0 aromatic heterocycles. The molecule has 4 heteroatoms. The fourth-order valence-electron chi connectivity index (χ4n) is 2.42. The molecule has 2 saturated heterocycles. The zero-order chi connectivity index (χ0) is 10.9. The second-order valence-corrected chi connectivity index (χ2v) is 5.21. The van der Waals surface area contributed by atoms with Crippen molar-refractivity contribution >= 4 is 5.91 Å². The smallest absolute Gasteiger partial charge is 0.227 e. The van der Waals surface area contributed by atoms with Crippen molar-refractivity contribution in [3.8, 4) is 0 Å². The van der Waals surface area contributed by atoms with Crippen molar-refractivity contribution in [3.63, 3.8) is 0 Å². The van der Waals surface area contributed by atoms with Crippen LogP contribution in [0.3, 0.4) is 0 Å². The van der Waals surface area contributed by atoms with E-state index >= 15 is 0 Å². The lowest BCUT2D eigenvalue weighted by Crippen LogP contribution is -2.46. The van der Waals surface area contributed by atoms with E-state index in [2.05, 4.69) is 29.5 Å². The lowest BCUT2D eigenvalue weighted by Gasteiger charge is -2.24. The van der Waals surface area contributed by atoms with Crippen molar-refractivity contribution in [2.45, 2.75) is 25.8 Å². The van der Waals surface area contributed by atoms with Crippen LogP contribution in [0.5, 0.6) is 0 Å². The van der Waals surface area contributed by atoms with E-state index in [1.807, 2.05) is 0 Å². The van der Waals surface area contributed by atoms with Gasteiger partial charge in [-0.15, -0.1) is 0 Å². The Kier molecular flexibility index (Phi) is 2.98. The minimum Gasteiger partial charge on any atom is -0.352 e. The highest BCUT2D eigenvalue weighted by Crippen LogP contribution is 2.25. The van der Waals surface area contributed by atoms with Crippen LogP contribution >= 0.6 is 0 Å². The summed E-state index contributed by atoms with van der Waals surface area (Å²) >= 11 is 0. The topological polar surface area (TPSA) is 44.4 Å². The Hall–Kier alpha value is -0.610. The molecular formula is C11H21N3O. The molecule has 2 fully saturated rings. The highest BCUT2D eigenvalue weighted by atomic mass is 16.2. The number of nitrogens with zero attached hydrogens (tertiary/aromatic N) is 1. The zero-order valence-electron chi connectivity index (χ0n) is 9.68. The number of likely N-dealkylation sites (N-methyl/N-ethyl adjacent to an activating group) is 1. The van der Waals surface area contributed by atoms with Crippen LogP contribution in [0.25, 0.3) is 0 Å². The third-order valence-corrected chi connectivity index (χ3v) is 3.64. The lowest BCUT2D eigenvalue weighted by molar-refractivity contribution is -0.129. The van der Waals surface area contributed by atoms with Crippen molar-refractivity contribution in [2.75, 3.05) is 33.2 Å². The molecule has 15 heavy (non-hydrogen) atoms. The van der Waals surface area contributed by atoms with Gasteiger partial charge in [-0.25, -0.2) is 0 Å². The Morgan fingerprint density at radius 1 is 1.60 bits per heavy atom. The first-order valence-electron chi connectivity index (χ1n) is 5.80. The van der Waals surface area contributed by atoms with E-state index < -0.39 is 0 Å². The standard InChI is InChI=1S/C11H21N3O/c1-11(4-5-12-8-11)10(15)13-9-3-6-14(2)7-9/h9,12H,3-8H2,1-2H3,(H,13,15). The maximum Gasteiger partial charge on any atom is 0.227 e. The molecular weight excluding hydrogens is 190 g/mol. The second-order valence-electron chi connectivity index (χ2n) is 5.21. The van der Waals surface area contributed by atoms with Gasteiger partial charge in [-0.1, -0.05) is 0 Å². The fourth-order valence-corrected chi connectivity index (χ4v) is 2.42.